The van der Waals surface area contributed by atoms with Crippen LogP contribution < -0.4 is 5.73 Å². The molecule has 2 unspecified atom stereocenters. The molecular weight excluding hydrogens is 254 g/mol. The van der Waals surface area contributed by atoms with Crippen molar-refractivity contribution in [2.24, 2.45) is 17.6 Å². The van der Waals surface area contributed by atoms with Crippen LogP contribution in [0.5, 0.6) is 0 Å². The molecule has 0 aliphatic carbocycles. The van der Waals surface area contributed by atoms with Gasteiger partial charge in [0.05, 0.1) is 0 Å². The summed E-state index contributed by atoms with van der Waals surface area (Å²) in [4.78, 5) is 25.2. The normalized spacial score (nSPS) is 22.5. The first-order valence-corrected chi connectivity index (χ1v) is 6.38. The molecule has 0 saturated carbocycles. The lowest BCUT2D eigenvalue weighted by Crippen LogP contribution is -2.61. The van der Waals surface area contributed by atoms with Crippen LogP contribution in [0.1, 0.15) is 33.6 Å². The molecule has 0 spiro atoms. The van der Waals surface area contributed by atoms with E-state index in [4.69, 9.17) is 5.73 Å². The van der Waals surface area contributed by atoms with Crippen molar-refractivity contribution < 1.29 is 18.4 Å². The smallest absolute Gasteiger partial charge is 0.266 e. The predicted octanol–water partition coefficient (Wildman–Crippen LogP) is 1.91. The number of amides is 2. The predicted molar refractivity (Wildman–Crippen MR) is 67.2 cm³/mol. The van der Waals surface area contributed by atoms with Gasteiger partial charge in [0.25, 0.3) is 6.08 Å². The number of carbonyl (C=O) groups excluding carboxylic acids is 2. The lowest BCUT2D eigenvalue weighted by molar-refractivity contribution is -0.146. The van der Waals surface area contributed by atoms with Crippen LogP contribution >= 0.6 is 0 Å². The third-order valence-electron chi connectivity index (χ3n) is 3.92. The fourth-order valence-electron chi connectivity index (χ4n) is 2.91. The molecule has 1 saturated heterocycles. The molecule has 1 aliphatic heterocycles. The zero-order chi connectivity index (χ0) is 14.8. The Bertz CT molecular complexity index is 405. The topological polar surface area (TPSA) is 63.4 Å². The van der Waals surface area contributed by atoms with Crippen LogP contribution in [-0.2, 0) is 9.59 Å². The second-order valence-corrected chi connectivity index (χ2v) is 5.22. The lowest BCUT2D eigenvalue weighted by Gasteiger charge is -2.42. The Labute approximate surface area is 111 Å². The molecule has 6 heteroatoms. The minimum Gasteiger partial charge on any atom is -0.368 e. The van der Waals surface area contributed by atoms with Gasteiger partial charge in [-0.1, -0.05) is 20.8 Å². The van der Waals surface area contributed by atoms with Gasteiger partial charge in [-0.15, -0.1) is 0 Å². The lowest BCUT2D eigenvalue weighted by atomic mass is 9.81. The van der Waals surface area contributed by atoms with E-state index < -0.39 is 23.4 Å². The van der Waals surface area contributed by atoms with Gasteiger partial charge in [0.1, 0.15) is 5.54 Å². The van der Waals surface area contributed by atoms with Crippen molar-refractivity contribution >= 4 is 11.8 Å². The molecule has 2 N–H and O–H groups in total. The molecule has 1 heterocycles. The number of primary amides is 1. The third kappa shape index (κ3) is 2.77. The number of carbonyl (C=O) groups is 2. The van der Waals surface area contributed by atoms with E-state index in [1.165, 1.54) is 4.90 Å². The average molecular weight is 274 g/mol. The Morgan fingerprint density at radius 2 is 2.16 bits per heavy atom. The molecule has 4 nitrogen and oxygen atoms in total. The molecule has 2 atom stereocenters. The fraction of sp³-hybridized carbons (Fsp3) is 0.692. The zero-order valence-corrected chi connectivity index (χ0v) is 11.5. The molecule has 0 aromatic carbocycles. The maximum atomic E-state index is 12.3. The van der Waals surface area contributed by atoms with Gasteiger partial charge in [-0.3, -0.25) is 9.59 Å². The van der Waals surface area contributed by atoms with Crippen molar-refractivity contribution in [3.63, 3.8) is 0 Å². The maximum Gasteiger partial charge on any atom is 0.266 e. The Morgan fingerprint density at radius 1 is 1.58 bits per heavy atom. The summed E-state index contributed by atoms with van der Waals surface area (Å²) >= 11 is 0. The van der Waals surface area contributed by atoms with E-state index >= 15 is 0 Å². The largest absolute Gasteiger partial charge is 0.368 e. The Balaban J connectivity index is 3.09. The van der Waals surface area contributed by atoms with Crippen molar-refractivity contribution in [2.75, 3.05) is 6.54 Å². The monoisotopic (exact) mass is 274 g/mol. The number of hydrogen-bond acceptors (Lipinski definition) is 2. The SMILES string of the molecule is CCC(C(N)=O)(C(C)C)N1CC(C=C(F)F)CC1=O. The van der Waals surface area contributed by atoms with Crippen LogP contribution in [0.3, 0.4) is 0 Å². The van der Waals surface area contributed by atoms with Crippen LogP contribution in [0.15, 0.2) is 12.2 Å². The van der Waals surface area contributed by atoms with Gasteiger partial charge < -0.3 is 10.6 Å². The molecule has 0 radical (unpaired) electrons. The second kappa shape index (κ2) is 5.67. The van der Waals surface area contributed by atoms with Crippen LogP contribution in [0.25, 0.3) is 0 Å². The number of rotatable bonds is 5. The van der Waals surface area contributed by atoms with Crippen molar-refractivity contribution in [1.82, 2.24) is 4.90 Å². The highest BCUT2D eigenvalue weighted by Crippen LogP contribution is 2.35. The van der Waals surface area contributed by atoms with Crippen LogP contribution in [0.4, 0.5) is 8.78 Å². The quantitative estimate of drug-likeness (QED) is 0.832. The van der Waals surface area contributed by atoms with E-state index in [0.717, 1.165) is 6.08 Å². The summed E-state index contributed by atoms with van der Waals surface area (Å²) in [6.07, 6.45) is -0.649. The Morgan fingerprint density at radius 3 is 2.53 bits per heavy atom. The van der Waals surface area contributed by atoms with Gasteiger partial charge in [-0.05, 0) is 18.4 Å². The number of nitrogens with two attached hydrogens (primary N) is 1. The van der Waals surface area contributed by atoms with Crippen molar-refractivity contribution in [2.45, 2.75) is 39.2 Å². The number of hydrogen-bond donors (Lipinski definition) is 1. The summed E-state index contributed by atoms with van der Waals surface area (Å²) in [6, 6.07) is 0. The highest BCUT2D eigenvalue weighted by atomic mass is 19.3. The number of nitrogens with zero attached hydrogens (tertiary/aromatic N) is 1. The first kappa shape index (κ1) is 15.6. The van der Waals surface area contributed by atoms with E-state index in [2.05, 4.69) is 0 Å². The molecule has 108 valence electrons. The molecule has 1 fully saturated rings. The van der Waals surface area contributed by atoms with E-state index in [0.29, 0.717) is 6.42 Å². The standard InChI is InChI=1S/C13H20F2N2O2/c1-4-13(8(2)3,12(16)19)17-7-9(5-10(14)15)6-11(17)18/h5,8-9H,4,6-7H2,1-3H3,(H2,16,19). The van der Waals surface area contributed by atoms with Gasteiger partial charge in [0.2, 0.25) is 11.8 Å². The van der Waals surface area contributed by atoms with E-state index in [1.807, 2.05) is 0 Å². The van der Waals surface area contributed by atoms with Crippen molar-refractivity contribution in [1.29, 1.82) is 0 Å². The molecule has 0 aromatic rings. The van der Waals surface area contributed by atoms with Gasteiger partial charge in [0.15, 0.2) is 0 Å². The first-order valence-electron chi connectivity index (χ1n) is 6.38. The summed E-state index contributed by atoms with van der Waals surface area (Å²) in [5.74, 6) is -1.60. The zero-order valence-electron chi connectivity index (χ0n) is 11.5. The van der Waals surface area contributed by atoms with Gasteiger partial charge >= 0.3 is 0 Å². The van der Waals surface area contributed by atoms with Gasteiger partial charge in [0, 0.05) is 18.9 Å². The molecular formula is C13H20F2N2O2. The number of likely N-dealkylation sites (tertiary alicyclic amines) is 1. The highest BCUT2D eigenvalue weighted by Gasteiger charge is 2.49. The summed E-state index contributed by atoms with van der Waals surface area (Å²) in [5, 5.41) is 0. The minimum absolute atomic E-state index is 0.000903. The van der Waals surface area contributed by atoms with Crippen LogP contribution in [0, 0.1) is 11.8 Å². The fourth-order valence-corrected chi connectivity index (χ4v) is 2.91. The molecule has 0 aromatic heterocycles. The number of halogens is 2. The molecule has 19 heavy (non-hydrogen) atoms. The first-order chi connectivity index (χ1) is 8.75. The molecule has 2 amide bonds. The van der Waals surface area contributed by atoms with Crippen molar-refractivity contribution in [3.8, 4) is 0 Å². The summed E-state index contributed by atoms with van der Waals surface area (Å²) < 4.78 is 24.6. The van der Waals surface area contributed by atoms with Gasteiger partial charge in [-0.25, -0.2) is 0 Å². The van der Waals surface area contributed by atoms with E-state index in [1.54, 1.807) is 20.8 Å². The van der Waals surface area contributed by atoms with E-state index in [9.17, 15) is 18.4 Å². The third-order valence-corrected chi connectivity index (χ3v) is 3.92. The van der Waals surface area contributed by atoms with Gasteiger partial charge in [-0.2, -0.15) is 8.78 Å². The summed E-state index contributed by atoms with van der Waals surface area (Å²) in [5.41, 5.74) is 4.38. The second-order valence-electron chi connectivity index (χ2n) is 5.22. The summed E-state index contributed by atoms with van der Waals surface area (Å²) in [6.45, 7) is 5.50. The molecule has 0 bridgehead atoms. The Hall–Kier alpha value is -1.46. The average Bonchev–Trinajstić information content (AvgIpc) is 2.59. The van der Waals surface area contributed by atoms with Crippen molar-refractivity contribution in [3.05, 3.63) is 12.2 Å². The summed E-state index contributed by atoms with van der Waals surface area (Å²) in [7, 11) is 0. The van der Waals surface area contributed by atoms with Crippen LogP contribution in [-0.4, -0.2) is 28.8 Å². The molecule has 1 aliphatic rings. The van der Waals surface area contributed by atoms with Crippen LogP contribution in [0.2, 0.25) is 0 Å². The highest BCUT2D eigenvalue weighted by molar-refractivity contribution is 5.91. The Kier molecular flexibility index (Phi) is 4.66. The van der Waals surface area contributed by atoms with E-state index in [-0.39, 0.29) is 24.8 Å². The maximum absolute atomic E-state index is 12.3. The minimum atomic E-state index is -1.80. The molecule has 1 rings (SSSR count).